The van der Waals surface area contributed by atoms with E-state index in [0.29, 0.717) is 48.9 Å². The van der Waals surface area contributed by atoms with Crippen LogP contribution in [0.15, 0.2) is 42.7 Å². The summed E-state index contributed by atoms with van der Waals surface area (Å²) < 4.78 is 10.0. The summed E-state index contributed by atoms with van der Waals surface area (Å²) in [7, 11) is 1.91. The van der Waals surface area contributed by atoms with E-state index in [-0.39, 0.29) is 11.5 Å². The second-order valence-electron chi connectivity index (χ2n) is 11.5. The van der Waals surface area contributed by atoms with Gasteiger partial charge in [0.05, 0.1) is 40.3 Å². The number of hydrogen-bond acceptors (Lipinski definition) is 5. The summed E-state index contributed by atoms with van der Waals surface area (Å²) in [5.41, 5.74) is 8.34. The number of hydrogen-bond donors (Lipinski definition) is 1. The largest absolute Gasteiger partial charge is 0.494 e. The van der Waals surface area contributed by atoms with Gasteiger partial charge in [0.15, 0.2) is 0 Å². The summed E-state index contributed by atoms with van der Waals surface area (Å²) in [5, 5.41) is 16.4. The number of fused-ring (bicyclic) bond motifs is 3. The number of ether oxygens (including phenoxy) is 1. The summed E-state index contributed by atoms with van der Waals surface area (Å²) in [6.45, 7) is 9.15. The van der Waals surface area contributed by atoms with E-state index in [1.165, 1.54) is 18.5 Å². The summed E-state index contributed by atoms with van der Waals surface area (Å²) in [4.78, 5) is 31.7. The number of aryl methyl sites for hydroxylation is 5. The van der Waals surface area contributed by atoms with Crippen LogP contribution in [0.5, 0.6) is 5.75 Å². The summed E-state index contributed by atoms with van der Waals surface area (Å²) in [6.07, 6.45) is 4.03. The van der Waals surface area contributed by atoms with E-state index in [2.05, 4.69) is 14.6 Å². The monoisotopic (exact) mass is 645 g/mol. The predicted octanol–water partition coefficient (Wildman–Crippen LogP) is 7.35. The number of anilines is 1. The van der Waals surface area contributed by atoms with E-state index in [0.717, 1.165) is 60.9 Å². The number of amides is 1. The van der Waals surface area contributed by atoms with E-state index < -0.39 is 5.97 Å². The van der Waals surface area contributed by atoms with Gasteiger partial charge in [0.1, 0.15) is 11.4 Å². The number of aromatic carboxylic acids is 1. The molecular formula is C34H33Cl2N5O4. The van der Waals surface area contributed by atoms with Crippen molar-refractivity contribution in [1.29, 1.82) is 0 Å². The topological polar surface area (TPSA) is 102 Å². The maximum absolute atomic E-state index is 14.4. The van der Waals surface area contributed by atoms with Gasteiger partial charge in [0.25, 0.3) is 5.91 Å². The van der Waals surface area contributed by atoms with E-state index in [1.807, 2.05) is 63.7 Å². The molecule has 0 atom stereocenters. The average Bonchev–Trinajstić information content (AvgIpc) is 3.46. The molecule has 1 aliphatic rings. The fourth-order valence-corrected chi connectivity index (χ4v) is 6.74. The minimum Gasteiger partial charge on any atom is -0.494 e. The highest BCUT2D eigenvalue weighted by Crippen LogP contribution is 2.43. The van der Waals surface area contributed by atoms with Gasteiger partial charge < -0.3 is 19.3 Å². The standard InChI is InChI=1S/C34H33Cl2N5O4/c1-18-13-24(14-19(2)30(18)36)45-12-6-7-25-26-8-9-27(35)29(28-20(3)38-39(5)21(28)4)31(26)41-11-10-40(33(42)32(25)41)23-15-22(34(43)44)16-37-17-23/h8-9,13-17H,6-7,10-12H2,1-5H3,(H,43,44). The van der Waals surface area contributed by atoms with E-state index in [1.54, 1.807) is 4.90 Å². The molecule has 1 aliphatic heterocycles. The van der Waals surface area contributed by atoms with Gasteiger partial charge in [-0.3, -0.25) is 14.5 Å². The second-order valence-corrected chi connectivity index (χ2v) is 12.3. The summed E-state index contributed by atoms with van der Waals surface area (Å²) in [6, 6.07) is 9.22. The van der Waals surface area contributed by atoms with Crippen molar-refractivity contribution in [3.05, 3.63) is 92.1 Å². The molecule has 3 aromatic heterocycles. The first kappa shape index (κ1) is 30.7. The number of carbonyl (C=O) groups is 2. The van der Waals surface area contributed by atoms with Crippen LogP contribution in [0.3, 0.4) is 0 Å². The highest BCUT2D eigenvalue weighted by molar-refractivity contribution is 6.35. The number of nitrogens with zero attached hydrogens (tertiary/aromatic N) is 5. The van der Waals surface area contributed by atoms with Gasteiger partial charge in [-0.2, -0.15) is 5.10 Å². The highest BCUT2D eigenvalue weighted by Gasteiger charge is 2.34. The fourth-order valence-electron chi connectivity index (χ4n) is 6.38. The van der Waals surface area contributed by atoms with Crippen molar-refractivity contribution in [2.45, 2.75) is 47.1 Å². The van der Waals surface area contributed by atoms with Crippen LogP contribution in [0.4, 0.5) is 5.69 Å². The Labute approximate surface area is 271 Å². The van der Waals surface area contributed by atoms with E-state index in [4.69, 9.17) is 27.9 Å². The number of benzene rings is 2. The zero-order valence-electron chi connectivity index (χ0n) is 25.7. The lowest BCUT2D eigenvalue weighted by Gasteiger charge is -2.29. The van der Waals surface area contributed by atoms with E-state index >= 15 is 0 Å². The molecule has 0 radical (unpaired) electrons. The van der Waals surface area contributed by atoms with Gasteiger partial charge in [-0.15, -0.1) is 0 Å². The maximum atomic E-state index is 14.4. The summed E-state index contributed by atoms with van der Waals surface area (Å²) in [5.74, 6) is -0.567. The minimum atomic E-state index is -1.10. The first-order chi connectivity index (χ1) is 21.5. The lowest BCUT2D eigenvalue weighted by molar-refractivity contribution is 0.0696. The molecule has 1 amide bonds. The molecule has 1 N–H and O–H groups in total. The molecule has 0 bridgehead atoms. The Balaban J connectivity index is 1.45. The van der Waals surface area contributed by atoms with Crippen molar-refractivity contribution >= 4 is 51.7 Å². The molecule has 11 heteroatoms. The third-order valence-electron chi connectivity index (χ3n) is 8.56. The quantitative estimate of drug-likeness (QED) is 0.177. The first-order valence-corrected chi connectivity index (χ1v) is 15.5. The fraction of sp³-hybridized carbons (Fsp3) is 0.294. The zero-order valence-corrected chi connectivity index (χ0v) is 27.3. The number of aromatic nitrogens is 4. The molecule has 2 aromatic carbocycles. The molecular weight excluding hydrogens is 613 g/mol. The molecule has 0 aliphatic carbocycles. The van der Waals surface area contributed by atoms with Crippen LogP contribution in [0.2, 0.25) is 10.0 Å². The lowest BCUT2D eigenvalue weighted by Crippen LogP contribution is -2.41. The normalized spacial score (nSPS) is 13.0. The van der Waals surface area contributed by atoms with Crippen LogP contribution in [0.25, 0.3) is 22.0 Å². The number of carboxylic acid groups (broad SMARTS) is 1. The molecule has 0 saturated carbocycles. The molecule has 0 spiro atoms. The van der Waals surface area contributed by atoms with Gasteiger partial charge >= 0.3 is 5.97 Å². The van der Waals surface area contributed by atoms with Gasteiger partial charge in [-0.05, 0) is 81.5 Å². The Morgan fingerprint density at radius 2 is 1.76 bits per heavy atom. The second kappa shape index (κ2) is 11.9. The molecule has 9 nitrogen and oxygen atoms in total. The molecule has 0 saturated heterocycles. The van der Waals surface area contributed by atoms with E-state index in [9.17, 15) is 14.7 Å². The molecule has 232 valence electrons. The van der Waals surface area contributed by atoms with Crippen LogP contribution >= 0.6 is 23.2 Å². The smallest absolute Gasteiger partial charge is 0.337 e. The Bertz CT molecular complexity index is 1990. The van der Waals surface area contributed by atoms with Crippen LogP contribution < -0.4 is 9.64 Å². The molecule has 45 heavy (non-hydrogen) atoms. The van der Waals surface area contributed by atoms with Crippen molar-refractivity contribution in [1.82, 2.24) is 19.3 Å². The van der Waals surface area contributed by atoms with Crippen molar-refractivity contribution in [2.75, 3.05) is 18.1 Å². The van der Waals surface area contributed by atoms with Crippen molar-refractivity contribution in [3.63, 3.8) is 0 Å². The Kier molecular flexibility index (Phi) is 8.09. The molecule has 0 fully saturated rings. The highest BCUT2D eigenvalue weighted by atomic mass is 35.5. The lowest BCUT2D eigenvalue weighted by atomic mass is 9.98. The summed E-state index contributed by atoms with van der Waals surface area (Å²) >= 11 is 13.3. The average molecular weight is 647 g/mol. The van der Waals surface area contributed by atoms with Gasteiger partial charge in [-0.25, -0.2) is 4.79 Å². The SMILES string of the molecule is Cc1cc(OCCCc2c3n(c4c(-c5c(C)nn(C)c5C)c(Cl)ccc24)CCN(c2cncc(C(=O)O)c2)C3=O)cc(C)c1Cl. The van der Waals surface area contributed by atoms with Crippen LogP contribution in [-0.2, 0) is 20.0 Å². The molecule has 0 unspecified atom stereocenters. The van der Waals surface area contributed by atoms with Gasteiger partial charge in [0.2, 0.25) is 0 Å². The molecule has 4 heterocycles. The predicted molar refractivity (Wildman–Crippen MR) is 176 cm³/mol. The van der Waals surface area contributed by atoms with Gasteiger partial charge in [-0.1, -0.05) is 29.3 Å². The Morgan fingerprint density at radius 3 is 2.42 bits per heavy atom. The zero-order chi connectivity index (χ0) is 32.2. The van der Waals surface area contributed by atoms with Crippen LogP contribution in [0, 0.1) is 27.7 Å². The van der Waals surface area contributed by atoms with Crippen molar-refractivity contribution in [2.24, 2.45) is 7.05 Å². The maximum Gasteiger partial charge on any atom is 0.337 e. The van der Waals surface area contributed by atoms with Crippen LogP contribution in [-0.4, -0.2) is 49.5 Å². The number of carboxylic acids is 1. The van der Waals surface area contributed by atoms with Crippen molar-refractivity contribution in [3.8, 4) is 16.9 Å². The van der Waals surface area contributed by atoms with Crippen LogP contribution in [0.1, 0.15) is 55.3 Å². The Morgan fingerprint density at radius 1 is 1.02 bits per heavy atom. The number of halogens is 2. The number of rotatable bonds is 8. The Hall–Kier alpha value is -4.34. The minimum absolute atomic E-state index is 0.0214. The molecule has 5 aromatic rings. The van der Waals surface area contributed by atoms with Gasteiger partial charge in [0, 0.05) is 53.6 Å². The number of carbonyl (C=O) groups excluding carboxylic acids is 1. The van der Waals surface area contributed by atoms with Crippen molar-refractivity contribution < 1.29 is 19.4 Å². The first-order valence-electron chi connectivity index (χ1n) is 14.7. The third kappa shape index (κ3) is 5.34. The number of pyridine rings is 1. The third-order valence-corrected chi connectivity index (χ3v) is 9.48. The molecule has 6 rings (SSSR count).